The Morgan fingerprint density at radius 3 is 2.77 bits per heavy atom. The predicted molar refractivity (Wildman–Crippen MR) is 129 cm³/mol. The van der Waals surface area contributed by atoms with Gasteiger partial charge in [-0.3, -0.25) is 4.79 Å². The van der Waals surface area contributed by atoms with Gasteiger partial charge in [-0.25, -0.2) is 4.98 Å². The van der Waals surface area contributed by atoms with E-state index in [1.54, 1.807) is 30.5 Å². The van der Waals surface area contributed by atoms with Crippen LogP contribution < -0.4 is 15.0 Å². The molecule has 0 saturated carbocycles. The molecular formula is C23H23BrClN3O3. The first-order valence-electron chi connectivity index (χ1n) is 9.94. The molecule has 1 heterocycles. The van der Waals surface area contributed by atoms with Crippen LogP contribution in [0.25, 0.3) is 10.9 Å². The van der Waals surface area contributed by atoms with Crippen LogP contribution in [0.5, 0.6) is 11.5 Å². The second-order valence-electron chi connectivity index (χ2n) is 6.66. The minimum absolute atomic E-state index is 0.229. The molecule has 0 radical (unpaired) electrons. The van der Waals surface area contributed by atoms with Crippen LogP contribution in [-0.2, 0) is 6.42 Å². The molecule has 0 aliphatic rings. The monoisotopic (exact) mass is 503 g/mol. The van der Waals surface area contributed by atoms with E-state index >= 15 is 0 Å². The van der Waals surface area contributed by atoms with Gasteiger partial charge in [-0.1, -0.05) is 47.1 Å². The molecule has 0 spiro atoms. The zero-order chi connectivity index (χ0) is 22.4. The minimum Gasteiger partial charge on any atom is -0.490 e. The topological polar surface area (TPSA) is 65.7 Å². The number of benzene rings is 2. The third-order valence-electron chi connectivity index (χ3n) is 4.35. The Kier molecular flexibility index (Phi) is 7.87. The van der Waals surface area contributed by atoms with Crippen molar-refractivity contribution in [1.29, 1.82) is 0 Å². The highest BCUT2D eigenvalue weighted by Gasteiger charge is 2.13. The number of aryl methyl sites for hydroxylation is 1. The van der Waals surface area contributed by atoms with E-state index in [2.05, 4.69) is 32.6 Å². The maximum Gasteiger partial charge on any atom is 0.282 e. The number of hydrogen-bond acceptors (Lipinski definition) is 5. The van der Waals surface area contributed by atoms with Gasteiger partial charge >= 0.3 is 0 Å². The van der Waals surface area contributed by atoms with E-state index < -0.39 is 0 Å². The third kappa shape index (κ3) is 5.35. The van der Waals surface area contributed by atoms with Crippen molar-refractivity contribution in [2.75, 3.05) is 13.2 Å². The van der Waals surface area contributed by atoms with Gasteiger partial charge in [0.15, 0.2) is 11.5 Å². The van der Waals surface area contributed by atoms with Crippen LogP contribution in [0, 0.1) is 0 Å². The van der Waals surface area contributed by atoms with E-state index in [0.29, 0.717) is 58.4 Å². The Balaban J connectivity index is 2.08. The van der Waals surface area contributed by atoms with E-state index in [-0.39, 0.29) is 5.56 Å². The quantitative estimate of drug-likeness (QED) is 0.281. The van der Waals surface area contributed by atoms with E-state index in [9.17, 15) is 4.79 Å². The van der Waals surface area contributed by atoms with Crippen LogP contribution in [0.4, 0.5) is 0 Å². The highest BCUT2D eigenvalue weighted by molar-refractivity contribution is 9.10. The fourth-order valence-corrected chi connectivity index (χ4v) is 3.67. The summed E-state index contributed by atoms with van der Waals surface area (Å²) in [6.45, 7) is 8.31. The fourth-order valence-electron chi connectivity index (χ4n) is 3.03. The highest BCUT2D eigenvalue weighted by atomic mass is 79.9. The lowest BCUT2D eigenvalue weighted by Gasteiger charge is -2.13. The summed E-state index contributed by atoms with van der Waals surface area (Å²) in [4.78, 5) is 17.8. The van der Waals surface area contributed by atoms with Gasteiger partial charge in [0.2, 0.25) is 0 Å². The Morgan fingerprint density at radius 1 is 1.26 bits per heavy atom. The van der Waals surface area contributed by atoms with Gasteiger partial charge in [-0.15, -0.1) is 0 Å². The normalized spacial score (nSPS) is 11.2. The summed E-state index contributed by atoms with van der Waals surface area (Å²) < 4.78 is 13.4. The van der Waals surface area contributed by atoms with Crippen LogP contribution in [0.15, 0.2) is 57.4 Å². The molecule has 0 unspecified atom stereocenters. The molecule has 3 aromatic rings. The molecule has 0 aliphatic carbocycles. The zero-order valence-electron chi connectivity index (χ0n) is 17.4. The van der Waals surface area contributed by atoms with Gasteiger partial charge in [0.05, 0.1) is 28.7 Å². The molecule has 6 nitrogen and oxygen atoms in total. The average molecular weight is 505 g/mol. The highest BCUT2D eigenvalue weighted by Crippen LogP contribution is 2.36. The summed E-state index contributed by atoms with van der Waals surface area (Å²) in [6, 6.07) is 8.92. The summed E-state index contributed by atoms with van der Waals surface area (Å²) in [6.07, 6.45) is 4.66. The first-order chi connectivity index (χ1) is 15.0. The predicted octanol–water partition coefficient (Wildman–Crippen LogP) is 5.61. The summed E-state index contributed by atoms with van der Waals surface area (Å²) >= 11 is 9.82. The average Bonchev–Trinajstić information content (AvgIpc) is 2.74. The van der Waals surface area contributed by atoms with Crippen molar-refractivity contribution >= 4 is 44.6 Å². The van der Waals surface area contributed by atoms with Crippen molar-refractivity contribution in [3.63, 3.8) is 0 Å². The third-order valence-corrected chi connectivity index (χ3v) is 5.12. The second kappa shape index (κ2) is 10.6. The Morgan fingerprint density at radius 2 is 2.06 bits per heavy atom. The fraction of sp³-hybridized carbons (Fsp3) is 0.261. The molecular weight excluding hydrogens is 482 g/mol. The molecule has 2 aromatic carbocycles. The lowest BCUT2D eigenvalue weighted by atomic mass is 10.2. The number of fused-ring (bicyclic) bond motifs is 1. The van der Waals surface area contributed by atoms with Gasteiger partial charge < -0.3 is 9.47 Å². The second-order valence-corrected chi connectivity index (χ2v) is 7.99. The van der Waals surface area contributed by atoms with Crippen LogP contribution in [0.3, 0.4) is 0 Å². The molecule has 0 bridgehead atoms. The lowest BCUT2D eigenvalue weighted by Crippen LogP contribution is -2.22. The number of ether oxygens (including phenoxy) is 2. The maximum absolute atomic E-state index is 13.1. The standard InChI is InChI=1S/C23H23BrClN3O3/c1-4-7-21-27-19-9-8-16(24)13-17(19)23(29)28(21)26-14-15-11-18(25)22(31-10-5-2)20(12-15)30-6-3/h5,8-9,11-14H,2,4,6-7,10H2,1,3H3. The Hall–Kier alpha value is -2.64. The lowest BCUT2D eigenvalue weighted by molar-refractivity contribution is 0.297. The largest absolute Gasteiger partial charge is 0.490 e. The number of nitrogens with zero attached hydrogens (tertiary/aromatic N) is 3. The molecule has 8 heteroatoms. The van der Waals surface area contributed by atoms with Crippen molar-refractivity contribution in [3.8, 4) is 11.5 Å². The molecule has 3 rings (SSSR count). The van der Waals surface area contributed by atoms with Crippen molar-refractivity contribution in [2.45, 2.75) is 26.7 Å². The van der Waals surface area contributed by atoms with Crippen LogP contribution in [0.1, 0.15) is 31.7 Å². The van der Waals surface area contributed by atoms with E-state index in [1.807, 2.05) is 26.0 Å². The van der Waals surface area contributed by atoms with E-state index in [1.165, 1.54) is 4.68 Å². The van der Waals surface area contributed by atoms with Crippen molar-refractivity contribution < 1.29 is 9.47 Å². The molecule has 0 atom stereocenters. The van der Waals surface area contributed by atoms with Crippen LogP contribution >= 0.6 is 27.5 Å². The molecule has 0 aliphatic heterocycles. The first kappa shape index (κ1) is 23.0. The molecule has 162 valence electrons. The van der Waals surface area contributed by atoms with Crippen LogP contribution in [0.2, 0.25) is 5.02 Å². The molecule has 0 saturated heterocycles. The smallest absolute Gasteiger partial charge is 0.282 e. The van der Waals surface area contributed by atoms with Gasteiger partial charge in [0.1, 0.15) is 12.4 Å². The molecule has 0 N–H and O–H groups in total. The Bertz CT molecular complexity index is 1190. The van der Waals surface area contributed by atoms with Crippen molar-refractivity contribution in [1.82, 2.24) is 9.66 Å². The maximum atomic E-state index is 13.1. The molecule has 1 aromatic heterocycles. The molecule has 31 heavy (non-hydrogen) atoms. The Labute approximate surface area is 194 Å². The molecule has 0 amide bonds. The number of halogens is 2. The zero-order valence-corrected chi connectivity index (χ0v) is 19.7. The van der Waals surface area contributed by atoms with Crippen LogP contribution in [-0.4, -0.2) is 29.1 Å². The molecule has 0 fully saturated rings. The van der Waals surface area contributed by atoms with Gasteiger partial charge in [0.25, 0.3) is 5.56 Å². The van der Waals surface area contributed by atoms with E-state index in [4.69, 9.17) is 21.1 Å². The SMILES string of the molecule is C=CCOc1c(Cl)cc(C=Nn2c(CCC)nc3ccc(Br)cc3c2=O)cc1OCC. The summed E-state index contributed by atoms with van der Waals surface area (Å²) in [5, 5.41) is 5.32. The van der Waals surface area contributed by atoms with Gasteiger partial charge in [0, 0.05) is 10.9 Å². The number of hydrogen-bond donors (Lipinski definition) is 0. The first-order valence-corrected chi connectivity index (χ1v) is 11.1. The van der Waals surface area contributed by atoms with Gasteiger partial charge in [-0.05, 0) is 49.2 Å². The minimum atomic E-state index is -0.229. The van der Waals surface area contributed by atoms with Crippen molar-refractivity contribution in [2.24, 2.45) is 5.10 Å². The summed E-state index contributed by atoms with van der Waals surface area (Å²) in [5.74, 6) is 1.54. The van der Waals surface area contributed by atoms with Gasteiger partial charge in [-0.2, -0.15) is 9.78 Å². The summed E-state index contributed by atoms with van der Waals surface area (Å²) in [5.41, 5.74) is 1.09. The van der Waals surface area contributed by atoms with E-state index in [0.717, 1.165) is 10.9 Å². The van der Waals surface area contributed by atoms with Crippen molar-refractivity contribution in [3.05, 3.63) is 74.2 Å². The summed E-state index contributed by atoms with van der Waals surface area (Å²) in [7, 11) is 0. The number of aromatic nitrogens is 2. The number of rotatable bonds is 9.